The van der Waals surface area contributed by atoms with Gasteiger partial charge in [-0.25, -0.2) is 0 Å². The number of hydrogen-bond acceptors (Lipinski definition) is 3. The van der Waals surface area contributed by atoms with Crippen molar-refractivity contribution in [2.24, 2.45) is 0 Å². The molecule has 150 valence electrons. The molecule has 0 spiro atoms. The molecule has 0 radical (unpaired) electrons. The average molecular weight is 389 g/mol. The summed E-state index contributed by atoms with van der Waals surface area (Å²) in [6.07, 6.45) is 19.1. The van der Waals surface area contributed by atoms with Gasteiger partial charge in [0.1, 0.15) is 0 Å². The number of fused-ring (bicyclic) bond motifs is 3. The lowest BCUT2D eigenvalue weighted by atomic mass is 9.86. The second-order valence-electron chi connectivity index (χ2n) is 8.33. The van der Waals surface area contributed by atoms with Gasteiger partial charge in [0.2, 0.25) is 0 Å². The minimum Gasteiger partial charge on any atom is -0.367 e. The molecule has 29 heavy (non-hydrogen) atoms. The minimum atomic E-state index is 0.789. The third-order valence-corrected chi connectivity index (χ3v) is 6.36. The van der Waals surface area contributed by atoms with Crippen LogP contribution in [0.2, 0.25) is 0 Å². The van der Waals surface area contributed by atoms with Crippen molar-refractivity contribution in [1.82, 2.24) is 14.8 Å². The van der Waals surface area contributed by atoms with Crippen molar-refractivity contribution in [3.63, 3.8) is 0 Å². The molecule has 5 rings (SSSR count). The summed E-state index contributed by atoms with van der Waals surface area (Å²) >= 11 is 0. The predicted molar refractivity (Wildman–Crippen MR) is 117 cm³/mol. The van der Waals surface area contributed by atoms with E-state index in [4.69, 9.17) is 4.42 Å². The summed E-state index contributed by atoms with van der Waals surface area (Å²) in [5, 5.41) is 0. The number of piperidine rings is 1. The molecule has 1 saturated heterocycles. The van der Waals surface area contributed by atoms with Gasteiger partial charge in [-0.05, 0) is 61.2 Å². The highest BCUT2D eigenvalue weighted by atomic mass is 16.4. The number of nitrogens with zero attached hydrogens (tertiary/aromatic N) is 3. The number of carbonyl (C=O) groups excluding carboxylic acids is 1. The Balaban J connectivity index is 1.34. The molecule has 1 fully saturated rings. The third kappa shape index (κ3) is 3.99. The maximum atomic E-state index is 6.16. The number of allylic oxidation sites excluding steroid dienone is 4. The summed E-state index contributed by atoms with van der Waals surface area (Å²) in [6.45, 7) is 6.52. The predicted octanol–water partition coefficient (Wildman–Crippen LogP) is 3.92. The largest absolute Gasteiger partial charge is 0.367 e. The van der Waals surface area contributed by atoms with Gasteiger partial charge in [-0.1, -0.05) is 18.6 Å². The normalized spacial score (nSPS) is 23.2. The van der Waals surface area contributed by atoms with Crippen LogP contribution in [0.1, 0.15) is 37.7 Å². The van der Waals surface area contributed by atoms with E-state index in [2.05, 4.69) is 45.2 Å². The van der Waals surface area contributed by atoms with E-state index in [1.165, 1.54) is 60.3 Å². The maximum absolute atomic E-state index is 6.16. The molecule has 0 bridgehead atoms. The molecule has 4 aliphatic rings. The van der Waals surface area contributed by atoms with Crippen molar-refractivity contribution >= 4 is 11.4 Å². The van der Waals surface area contributed by atoms with Crippen LogP contribution in [0.15, 0.2) is 65.7 Å². The Kier molecular flexibility index (Phi) is 5.44. The van der Waals surface area contributed by atoms with Gasteiger partial charge in [-0.3, -0.25) is 9.41 Å². The summed E-state index contributed by atoms with van der Waals surface area (Å²) in [6, 6.07) is 4.19. The second-order valence-corrected chi connectivity index (χ2v) is 8.33. The number of likely N-dealkylation sites (tertiary alicyclic amines) is 1. The molecule has 4 heteroatoms. The Morgan fingerprint density at radius 2 is 2.00 bits per heavy atom. The quantitative estimate of drug-likeness (QED) is 0.566. The van der Waals surface area contributed by atoms with Crippen LogP contribution < -0.4 is 0 Å². The van der Waals surface area contributed by atoms with Crippen LogP contribution >= 0.6 is 0 Å². The van der Waals surface area contributed by atoms with Gasteiger partial charge in [0, 0.05) is 55.8 Å². The Labute approximate surface area is 173 Å². The second kappa shape index (κ2) is 8.50. The molecule has 0 saturated carbocycles. The van der Waals surface area contributed by atoms with E-state index in [1.54, 1.807) is 0 Å². The molecule has 1 aromatic heterocycles. The Bertz CT molecular complexity index is 901. The molecule has 0 N–H and O–H groups in total. The Morgan fingerprint density at radius 3 is 2.86 bits per heavy atom. The van der Waals surface area contributed by atoms with Gasteiger partial charge in [-0.2, -0.15) is 0 Å². The van der Waals surface area contributed by atoms with Crippen molar-refractivity contribution in [2.75, 3.05) is 39.3 Å². The van der Waals surface area contributed by atoms with Crippen molar-refractivity contribution in [1.29, 1.82) is 0 Å². The summed E-state index contributed by atoms with van der Waals surface area (Å²) < 4.78 is 6.16. The number of ketones is 1. The zero-order valence-electron chi connectivity index (χ0n) is 17.1. The van der Waals surface area contributed by atoms with E-state index in [-0.39, 0.29) is 0 Å². The molecule has 4 heterocycles. The summed E-state index contributed by atoms with van der Waals surface area (Å²) in [5.41, 5.74) is 6.58. The molecule has 0 amide bonds. The topological polar surface area (TPSA) is 30.7 Å². The summed E-state index contributed by atoms with van der Waals surface area (Å²) in [7, 11) is 0. The number of aromatic nitrogens is 1. The highest BCUT2D eigenvalue weighted by Crippen LogP contribution is 2.40. The van der Waals surface area contributed by atoms with Crippen LogP contribution in [0, 0.1) is 0 Å². The van der Waals surface area contributed by atoms with E-state index in [9.17, 15) is 0 Å². The summed E-state index contributed by atoms with van der Waals surface area (Å²) in [5.74, 6) is 0.989. The van der Waals surface area contributed by atoms with Crippen molar-refractivity contribution in [2.45, 2.75) is 32.1 Å². The van der Waals surface area contributed by atoms with Crippen LogP contribution in [-0.4, -0.2) is 59.9 Å². The Hall–Kier alpha value is -2.46. The van der Waals surface area contributed by atoms with Crippen molar-refractivity contribution < 1.29 is 4.42 Å². The van der Waals surface area contributed by atoms with Gasteiger partial charge >= 0.3 is 5.78 Å². The fraction of sp³-hybridized carbons (Fsp3) is 0.440. The first kappa shape index (κ1) is 18.6. The van der Waals surface area contributed by atoms with Crippen LogP contribution in [0.3, 0.4) is 0 Å². The first-order valence-electron chi connectivity index (χ1n) is 11.1. The lowest BCUT2D eigenvalue weighted by molar-refractivity contribution is -0.456. The van der Waals surface area contributed by atoms with Crippen molar-refractivity contribution in [3.05, 3.63) is 71.2 Å². The zero-order chi connectivity index (χ0) is 19.5. The van der Waals surface area contributed by atoms with E-state index in [0.717, 1.165) is 44.9 Å². The monoisotopic (exact) mass is 388 g/mol. The first-order chi connectivity index (χ1) is 14.4. The highest BCUT2D eigenvalue weighted by Gasteiger charge is 2.32. The fourth-order valence-corrected chi connectivity index (χ4v) is 4.86. The SMILES string of the molecule is C1=CC2=C(c3cccnc3)CN3CCC=C3C2=CC1=[O+]CCCN1CCCCC1. The summed E-state index contributed by atoms with van der Waals surface area (Å²) in [4.78, 5) is 9.41. The zero-order valence-corrected chi connectivity index (χ0v) is 17.1. The maximum Gasteiger partial charge on any atom is 0.344 e. The Morgan fingerprint density at radius 1 is 1.07 bits per heavy atom. The number of hydrogen-bond donors (Lipinski definition) is 0. The van der Waals surface area contributed by atoms with Gasteiger partial charge < -0.3 is 9.80 Å². The highest BCUT2D eigenvalue weighted by molar-refractivity contribution is 6.05. The molecular weight excluding hydrogens is 358 g/mol. The van der Waals surface area contributed by atoms with Gasteiger partial charge in [0.25, 0.3) is 6.61 Å². The molecule has 3 aliphatic heterocycles. The minimum absolute atomic E-state index is 0.789. The molecule has 0 atom stereocenters. The molecular formula is C25H30N3O+. The lowest BCUT2D eigenvalue weighted by Gasteiger charge is -2.33. The number of pyridine rings is 1. The van der Waals surface area contributed by atoms with Gasteiger partial charge in [-0.15, -0.1) is 0 Å². The molecule has 1 aliphatic carbocycles. The van der Waals surface area contributed by atoms with E-state index in [0.29, 0.717) is 0 Å². The van der Waals surface area contributed by atoms with E-state index in [1.807, 2.05) is 18.5 Å². The lowest BCUT2D eigenvalue weighted by Crippen LogP contribution is -2.31. The standard InChI is InChI=1S/C25H30N3O/c1-2-12-27(13-3-1)14-6-16-29-21-9-10-22-23(17-21)25-8-5-15-28(25)19-24(22)20-7-4-11-26-18-20/h4,7-11,17-18H,1-3,5-6,12-16,19H2/q+1. The average Bonchev–Trinajstić information content (AvgIpc) is 3.26. The first-order valence-corrected chi connectivity index (χ1v) is 11.1. The van der Waals surface area contributed by atoms with Gasteiger partial charge in [0.05, 0.1) is 6.08 Å². The van der Waals surface area contributed by atoms with Crippen LogP contribution in [0.5, 0.6) is 0 Å². The molecule has 1 aromatic rings. The van der Waals surface area contributed by atoms with Crippen LogP contribution in [0.4, 0.5) is 0 Å². The van der Waals surface area contributed by atoms with Crippen LogP contribution in [0.25, 0.3) is 5.57 Å². The number of rotatable bonds is 5. The molecule has 4 nitrogen and oxygen atoms in total. The van der Waals surface area contributed by atoms with Crippen molar-refractivity contribution in [3.8, 4) is 0 Å². The van der Waals surface area contributed by atoms with Crippen LogP contribution in [-0.2, 0) is 4.42 Å². The third-order valence-electron chi connectivity index (χ3n) is 6.36. The van der Waals surface area contributed by atoms with E-state index >= 15 is 0 Å². The molecule has 0 aromatic carbocycles. The van der Waals surface area contributed by atoms with Gasteiger partial charge in [0.15, 0.2) is 0 Å². The molecule has 0 unspecified atom stereocenters. The smallest absolute Gasteiger partial charge is 0.344 e. The fourth-order valence-electron chi connectivity index (χ4n) is 4.86. The van der Waals surface area contributed by atoms with E-state index < -0.39 is 0 Å².